The van der Waals surface area contributed by atoms with Crippen LogP contribution in [0.2, 0.25) is 0 Å². The number of nitrogens with zero attached hydrogens (tertiary/aromatic N) is 3. The van der Waals surface area contributed by atoms with Gasteiger partial charge in [-0.2, -0.15) is 4.98 Å². The summed E-state index contributed by atoms with van der Waals surface area (Å²) in [5, 5.41) is 7.94. The van der Waals surface area contributed by atoms with Crippen LogP contribution in [0.3, 0.4) is 0 Å². The van der Waals surface area contributed by atoms with Gasteiger partial charge >= 0.3 is 0 Å². The fourth-order valence-electron chi connectivity index (χ4n) is 1.93. The maximum absolute atomic E-state index is 5.96. The Bertz CT molecular complexity index is 722. The maximum atomic E-state index is 5.96. The number of hydrogen-bond acceptors (Lipinski definition) is 6. The number of aryl methyl sites for hydroxylation is 1. The molecule has 0 fully saturated rings. The molecule has 0 saturated heterocycles. The van der Waals surface area contributed by atoms with Crippen LogP contribution >= 0.6 is 0 Å². The van der Waals surface area contributed by atoms with Crippen LogP contribution in [-0.2, 0) is 6.54 Å². The van der Waals surface area contributed by atoms with Gasteiger partial charge in [0, 0.05) is 5.39 Å². The van der Waals surface area contributed by atoms with Crippen molar-refractivity contribution in [1.82, 2.24) is 15.1 Å². The van der Waals surface area contributed by atoms with Crippen molar-refractivity contribution in [3.63, 3.8) is 0 Å². The van der Waals surface area contributed by atoms with Gasteiger partial charge in [-0.1, -0.05) is 23.4 Å². The van der Waals surface area contributed by atoms with E-state index in [9.17, 15) is 0 Å². The summed E-state index contributed by atoms with van der Waals surface area (Å²) in [6, 6.07) is 7.80. The summed E-state index contributed by atoms with van der Waals surface area (Å²) in [6.45, 7) is 2.21. The topological polar surface area (TPSA) is 89.9 Å². The number of hydrogen-bond donors (Lipinski definition) is 2. The monoisotopic (exact) mass is 255 g/mol. The highest BCUT2D eigenvalue weighted by molar-refractivity contribution is 5.96. The van der Waals surface area contributed by atoms with Gasteiger partial charge in [-0.25, -0.2) is 0 Å². The molecule has 2 heterocycles. The molecule has 0 spiro atoms. The van der Waals surface area contributed by atoms with Crippen molar-refractivity contribution < 1.29 is 4.52 Å². The summed E-state index contributed by atoms with van der Waals surface area (Å²) in [6.07, 6.45) is 1.64. The molecule has 6 heteroatoms. The zero-order valence-corrected chi connectivity index (χ0v) is 10.4. The number of nitrogen functional groups attached to an aromatic ring is 1. The average molecular weight is 255 g/mol. The molecule has 0 atom stereocenters. The molecule has 3 N–H and O–H groups in total. The Morgan fingerprint density at radius 1 is 1.32 bits per heavy atom. The van der Waals surface area contributed by atoms with Gasteiger partial charge in [0.05, 0.1) is 29.6 Å². The van der Waals surface area contributed by atoms with Crippen LogP contribution in [0.15, 0.2) is 35.0 Å². The Morgan fingerprint density at radius 2 is 2.16 bits per heavy atom. The average Bonchev–Trinajstić information content (AvgIpc) is 2.83. The first kappa shape index (κ1) is 11.5. The lowest BCUT2D eigenvalue weighted by Crippen LogP contribution is -2.04. The van der Waals surface area contributed by atoms with E-state index in [-0.39, 0.29) is 0 Å². The Hall–Kier alpha value is -2.63. The lowest BCUT2D eigenvalue weighted by molar-refractivity contribution is 0.379. The molecule has 1 aromatic carbocycles. The minimum Gasteiger partial charge on any atom is -0.396 e. The second-order valence-electron chi connectivity index (χ2n) is 4.19. The number of pyridine rings is 1. The summed E-state index contributed by atoms with van der Waals surface area (Å²) in [5.41, 5.74) is 8.28. The number of aromatic nitrogens is 3. The van der Waals surface area contributed by atoms with E-state index in [1.165, 1.54) is 0 Å². The Morgan fingerprint density at radius 3 is 2.95 bits per heavy atom. The SMILES string of the molecule is Cc1noc(CNc2c(N)cnc3ccccc23)n1. The largest absolute Gasteiger partial charge is 0.396 e. The Kier molecular flexibility index (Phi) is 2.75. The lowest BCUT2D eigenvalue weighted by Gasteiger charge is -2.10. The summed E-state index contributed by atoms with van der Waals surface area (Å²) >= 11 is 0. The Labute approximate surface area is 109 Å². The standard InChI is InChI=1S/C13H13N5O/c1-8-17-12(19-18-8)7-16-13-9-4-2-3-5-11(9)15-6-10(13)14/h2-6H,7,14H2,1H3,(H,15,16). The highest BCUT2D eigenvalue weighted by Crippen LogP contribution is 2.27. The molecule has 3 aromatic rings. The molecule has 0 aliphatic carbocycles. The third-order valence-corrected chi connectivity index (χ3v) is 2.79. The first-order chi connectivity index (χ1) is 9.24. The van der Waals surface area contributed by atoms with E-state index in [1.807, 2.05) is 24.3 Å². The number of para-hydroxylation sites is 1. The summed E-state index contributed by atoms with van der Waals surface area (Å²) < 4.78 is 5.06. The van der Waals surface area contributed by atoms with Gasteiger partial charge in [-0.3, -0.25) is 4.98 Å². The molecule has 0 unspecified atom stereocenters. The van der Waals surface area contributed by atoms with Crippen LogP contribution in [0.5, 0.6) is 0 Å². The van der Waals surface area contributed by atoms with Gasteiger partial charge in [-0.15, -0.1) is 0 Å². The molecule has 0 bridgehead atoms. The van der Waals surface area contributed by atoms with Crippen molar-refractivity contribution in [2.75, 3.05) is 11.1 Å². The van der Waals surface area contributed by atoms with Crippen molar-refractivity contribution >= 4 is 22.3 Å². The zero-order chi connectivity index (χ0) is 13.2. The first-order valence-electron chi connectivity index (χ1n) is 5.90. The van der Waals surface area contributed by atoms with Crippen LogP contribution in [0.25, 0.3) is 10.9 Å². The van der Waals surface area contributed by atoms with Crippen molar-refractivity contribution in [1.29, 1.82) is 0 Å². The lowest BCUT2D eigenvalue weighted by atomic mass is 10.1. The second kappa shape index (κ2) is 4.56. The van der Waals surface area contributed by atoms with Crippen molar-refractivity contribution in [3.05, 3.63) is 42.2 Å². The Balaban J connectivity index is 1.93. The number of anilines is 2. The number of nitrogens with one attached hydrogen (secondary N) is 1. The van der Waals surface area contributed by atoms with Gasteiger partial charge in [0.1, 0.15) is 0 Å². The predicted molar refractivity (Wildman–Crippen MR) is 72.5 cm³/mol. The molecule has 0 saturated carbocycles. The molecular formula is C13H13N5O. The van der Waals surface area contributed by atoms with E-state index in [2.05, 4.69) is 20.4 Å². The fraction of sp³-hybridized carbons (Fsp3) is 0.154. The van der Waals surface area contributed by atoms with E-state index in [0.717, 1.165) is 16.6 Å². The molecule has 2 aromatic heterocycles. The van der Waals surface area contributed by atoms with Crippen molar-refractivity contribution in [2.45, 2.75) is 13.5 Å². The summed E-state index contributed by atoms with van der Waals surface area (Å²) in [4.78, 5) is 8.42. The number of benzene rings is 1. The minimum absolute atomic E-state index is 0.430. The van der Waals surface area contributed by atoms with Crippen LogP contribution in [0.4, 0.5) is 11.4 Å². The van der Waals surface area contributed by atoms with E-state index in [1.54, 1.807) is 13.1 Å². The number of nitrogens with two attached hydrogens (primary N) is 1. The van der Waals surface area contributed by atoms with E-state index in [4.69, 9.17) is 10.3 Å². The molecule has 3 rings (SSSR count). The molecule has 0 radical (unpaired) electrons. The van der Waals surface area contributed by atoms with Gasteiger partial charge in [0.25, 0.3) is 0 Å². The van der Waals surface area contributed by atoms with Gasteiger partial charge in [0.15, 0.2) is 5.82 Å². The van der Waals surface area contributed by atoms with Crippen molar-refractivity contribution in [3.8, 4) is 0 Å². The van der Waals surface area contributed by atoms with Crippen LogP contribution in [0.1, 0.15) is 11.7 Å². The summed E-state index contributed by atoms with van der Waals surface area (Å²) in [5.74, 6) is 1.14. The molecule has 0 aliphatic heterocycles. The predicted octanol–water partition coefficient (Wildman–Crippen LogP) is 2.12. The van der Waals surface area contributed by atoms with E-state index < -0.39 is 0 Å². The molecule has 19 heavy (non-hydrogen) atoms. The smallest absolute Gasteiger partial charge is 0.245 e. The van der Waals surface area contributed by atoms with Crippen LogP contribution < -0.4 is 11.1 Å². The molecule has 0 amide bonds. The summed E-state index contributed by atoms with van der Waals surface area (Å²) in [7, 11) is 0. The van der Waals surface area contributed by atoms with E-state index in [0.29, 0.717) is 23.9 Å². The second-order valence-corrected chi connectivity index (χ2v) is 4.19. The number of fused-ring (bicyclic) bond motifs is 1. The van der Waals surface area contributed by atoms with Crippen LogP contribution in [0, 0.1) is 6.92 Å². The molecule has 6 nitrogen and oxygen atoms in total. The third-order valence-electron chi connectivity index (χ3n) is 2.79. The zero-order valence-electron chi connectivity index (χ0n) is 10.4. The minimum atomic E-state index is 0.430. The highest BCUT2D eigenvalue weighted by Gasteiger charge is 2.08. The highest BCUT2D eigenvalue weighted by atomic mass is 16.5. The maximum Gasteiger partial charge on any atom is 0.245 e. The van der Waals surface area contributed by atoms with Crippen LogP contribution in [-0.4, -0.2) is 15.1 Å². The van der Waals surface area contributed by atoms with Gasteiger partial charge in [-0.05, 0) is 13.0 Å². The van der Waals surface area contributed by atoms with Crippen molar-refractivity contribution in [2.24, 2.45) is 0 Å². The molecule has 96 valence electrons. The quantitative estimate of drug-likeness (QED) is 0.745. The number of rotatable bonds is 3. The van der Waals surface area contributed by atoms with E-state index >= 15 is 0 Å². The third kappa shape index (κ3) is 2.20. The molecular weight excluding hydrogens is 242 g/mol. The first-order valence-corrected chi connectivity index (χ1v) is 5.90. The van der Waals surface area contributed by atoms with Gasteiger partial charge < -0.3 is 15.6 Å². The fourth-order valence-corrected chi connectivity index (χ4v) is 1.93. The molecule has 0 aliphatic rings. The normalized spacial score (nSPS) is 10.8. The van der Waals surface area contributed by atoms with Gasteiger partial charge in [0.2, 0.25) is 5.89 Å².